The monoisotopic (exact) mass is 276 g/mol. The van der Waals surface area contributed by atoms with E-state index < -0.39 is 0 Å². The first kappa shape index (κ1) is 14.1. The second kappa shape index (κ2) is 6.27. The lowest BCUT2D eigenvalue weighted by molar-refractivity contribution is 0.171. The number of nitrogens with zero attached hydrogens (tertiary/aromatic N) is 3. The summed E-state index contributed by atoms with van der Waals surface area (Å²) in [6, 6.07) is 1.36. The summed E-state index contributed by atoms with van der Waals surface area (Å²) in [5.41, 5.74) is 1.36. The fourth-order valence-corrected chi connectivity index (χ4v) is 3.12. The van der Waals surface area contributed by atoms with E-state index in [0.29, 0.717) is 6.04 Å². The SMILES string of the molecule is CC(C)n1cncc1CN1CCC(CNC2CC2)CC1. The van der Waals surface area contributed by atoms with Gasteiger partial charge in [-0.05, 0) is 65.1 Å². The molecule has 20 heavy (non-hydrogen) atoms. The summed E-state index contributed by atoms with van der Waals surface area (Å²) in [7, 11) is 0. The van der Waals surface area contributed by atoms with E-state index >= 15 is 0 Å². The number of rotatable bonds is 6. The molecule has 3 rings (SSSR count). The Morgan fingerprint density at radius 1 is 1.25 bits per heavy atom. The molecule has 0 amide bonds. The quantitative estimate of drug-likeness (QED) is 0.866. The van der Waals surface area contributed by atoms with Crippen molar-refractivity contribution in [3.05, 3.63) is 18.2 Å². The van der Waals surface area contributed by atoms with E-state index in [1.807, 2.05) is 12.5 Å². The van der Waals surface area contributed by atoms with Crippen LogP contribution in [0.2, 0.25) is 0 Å². The third-order valence-corrected chi connectivity index (χ3v) is 4.67. The smallest absolute Gasteiger partial charge is 0.0951 e. The van der Waals surface area contributed by atoms with Gasteiger partial charge < -0.3 is 9.88 Å². The van der Waals surface area contributed by atoms with Gasteiger partial charge >= 0.3 is 0 Å². The summed E-state index contributed by atoms with van der Waals surface area (Å²) in [6.45, 7) is 9.21. The van der Waals surface area contributed by atoms with Crippen molar-refractivity contribution in [3.63, 3.8) is 0 Å². The number of imidazole rings is 1. The van der Waals surface area contributed by atoms with Crippen molar-refractivity contribution < 1.29 is 0 Å². The summed E-state index contributed by atoms with van der Waals surface area (Å²) >= 11 is 0. The van der Waals surface area contributed by atoms with Crippen LogP contribution >= 0.6 is 0 Å². The molecule has 1 saturated heterocycles. The van der Waals surface area contributed by atoms with Crippen molar-refractivity contribution in [1.29, 1.82) is 0 Å². The van der Waals surface area contributed by atoms with Crippen LogP contribution in [0.5, 0.6) is 0 Å². The van der Waals surface area contributed by atoms with Crippen LogP contribution in [0.15, 0.2) is 12.5 Å². The van der Waals surface area contributed by atoms with Crippen LogP contribution < -0.4 is 5.32 Å². The molecule has 2 fully saturated rings. The lowest BCUT2D eigenvalue weighted by atomic mass is 9.96. The summed E-state index contributed by atoms with van der Waals surface area (Å²) in [5, 5.41) is 3.68. The van der Waals surface area contributed by atoms with Gasteiger partial charge in [0.2, 0.25) is 0 Å². The Labute approximate surface area is 122 Å². The molecule has 0 aromatic carbocycles. The van der Waals surface area contributed by atoms with Crippen molar-refractivity contribution in [1.82, 2.24) is 19.8 Å². The maximum Gasteiger partial charge on any atom is 0.0951 e. The van der Waals surface area contributed by atoms with Gasteiger partial charge in [0.05, 0.1) is 12.0 Å². The maximum absolute atomic E-state index is 4.31. The average molecular weight is 276 g/mol. The van der Waals surface area contributed by atoms with E-state index in [-0.39, 0.29) is 0 Å². The predicted octanol–water partition coefficient (Wildman–Crippen LogP) is 2.43. The van der Waals surface area contributed by atoms with Gasteiger partial charge in [-0.15, -0.1) is 0 Å². The average Bonchev–Trinajstić information content (AvgIpc) is 3.16. The molecule has 2 aliphatic rings. The van der Waals surface area contributed by atoms with Gasteiger partial charge in [0.15, 0.2) is 0 Å². The third-order valence-electron chi connectivity index (χ3n) is 4.67. The van der Waals surface area contributed by atoms with Crippen LogP contribution in [0.4, 0.5) is 0 Å². The fourth-order valence-electron chi connectivity index (χ4n) is 3.12. The molecule has 1 aromatic heterocycles. The van der Waals surface area contributed by atoms with Crippen molar-refractivity contribution in [2.75, 3.05) is 19.6 Å². The maximum atomic E-state index is 4.31. The summed E-state index contributed by atoms with van der Waals surface area (Å²) in [6.07, 6.45) is 9.48. The molecule has 2 heterocycles. The third kappa shape index (κ3) is 3.61. The Balaban J connectivity index is 1.44. The largest absolute Gasteiger partial charge is 0.331 e. The zero-order chi connectivity index (χ0) is 13.9. The highest BCUT2D eigenvalue weighted by atomic mass is 15.2. The van der Waals surface area contributed by atoms with Gasteiger partial charge in [-0.2, -0.15) is 0 Å². The highest BCUT2D eigenvalue weighted by molar-refractivity contribution is 5.00. The second-order valence-corrected chi connectivity index (χ2v) is 6.79. The van der Waals surface area contributed by atoms with E-state index in [1.165, 1.54) is 51.0 Å². The van der Waals surface area contributed by atoms with Crippen LogP contribution in [0.1, 0.15) is 51.3 Å². The molecule has 0 spiro atoms. The molecule has 0 atom stereocenters. The lowest BCUT2D eigenvalue weighted by Crippen LogP contribution is -2.37. The molecule has 0 radical (unpaired) electrons. The first-order valence-corrected chi connectivity index (χ1v) is 8.19. The normalized spacial score (nSPS) is 21.8. The first-order valence-electron chi connectivity index (χ1n) is 8.19. The van der Waals surface area contributed by atoms with E-state index in [2.05, 4.69) is 33.6 Å². The highest BCUT2D eigenvalue weighted by Crippen LogP contribution is 2.22. The minimum absolute atomic E-state index is 0.507. The number of nitrogens with one attached hydrogen (secondary N) is 1. The van der Waals surface area contributed by atoms with Crippen LogP contribution in [-0.2, 0) is 6.54 Å². The van der Waals surface area contributed by atoms with Gasteiger partial charge in [-0.3, -0.25) is 4.90 Å². The summed E-state index contributed by atoms with van der Waals surface area (Å²) in [4.78, 5) is 6.89. The Hall–Kier alpha value is -0.870. The minimum Gasteiger partial charge on any atom is -0.331 e. The molecule has 4 heteroatoms. The van der Waals surface area contributed by atoms with Crippen LogP contribution in [0.3, 0.4) is 0 Å². The number of aromatic nitrogens is 2. The van der Waals surface area contributed by atoms with Gasteiger partial charge in [-0.1, -0.05) is 0 Å². The lowest BCUT2D eigenvalue weighted by Gasteiger charge is -2.32. The second-order valence-electron chi connectivity index (χ2n) is 6.79. The molecule has 1 aromatic rings. The van der Waals surface area contributed by atoms with Crippen molar-refractivity contribution in [3.8, 4) is 0 Å². The Morgan fingerprint density at radius 3 is 2.65 bits per heavy atom. The molecule has 0 unspecified atom stereocenters. The van der Waals surface area contributed by atoms with Crippen molar-refractivity contribution in [2.24, 2.45) is 5.92 Å². The van der Waals surface area contributed by atoms with E-state index in [1.54, 1.807) is 0 Å². The van der Waals surface area contributed by atoms with Crippen molar-refractivity contribution >= 4 is 0 Å². The topological polar surface area (TPSA) is 33.1 Å². The molecule has 112 valence electrons. The van der Waals surface area contributed by atoms with E-state index in [9.17, 15) is 0 Å². The molecule has 4 nitrogen and oxygen atoms in total. The molecule has 1 N–H and O–H groups in total. The van der Waals surface area contributed by atoms with Crippen molar-refractivity contribution in [2.45, 2.75) is 58.2 Å². The van der Waals surface area contributed by atoms with Gasteiger partial charge in [-0.25, -0.2) is 4.98 Å². The molecule has 0 bridgehead atoms. The molecular formula is C16H28N4. The number of piperidine rings is 1. The predicted molar refractivity (Wildman–Crippen MR) is 81.6 cm³/mol. The van der Waals surface area contributed by atoms with Crippen LogP contribution in [0, 0.1) is 5.92 Å². The standard InChI is InChI=1S/C16H28N4/c1-13(2)20-12-17-10-16(20)11-19-7-5-14(6-8-19)9-18-15-3-4-15/h10,12-15,18H,3-9,11H2,1-2H3. The molecule has 1 aliphatic carbocycles. The van der Waals surface area contributed by atoms with Gasteiger partial charge in [0.1, 0.15) is 0 Å². The number of hydrogen-bond acceptors (Lipinski definition) is 3. The van der Waals surface area contributed by atoms with E-state index in [0.717, 1.165) is 18.5 Å². The van der Waals surface area contributed by atoms with Crippen LogP contribution in [-0.4, -0.2) is 40.1 Å². The molecular weight excluding hydrogens is 248 g/mol. The molecule has 1 saturated carbocycles. The highest BCUT2D eigenvalue weighted by Gasteiger charge is 2.24. The minimum atomic E-state index is 0.507. The van der Waals surface area contributed by atoms with E-state index in [4.69, 9.17) is 0 Å². The van der Waals surface area contributed by atoms with Gasteiger partial charge in [0, 0.05) is 24.8 Å². The zero-order valence-electron chi connectivity index (χ0n) is 12.9. The first-order chi connectivity index (χ1) is 9.72. The fraction of sp³-hybridized carbons (Fsp3) is 0.812. The Bertz CT molecular complexity index is 414. The number of hydrogen-bond donors (Lipinski definition) is 1. The number of likely N-dealkylation sites (tertiary alicyclic amines) is 1. The molecule has 1 aliphatic heterocycles. The Morgan fingerprint density at radius 2 is 2.00 bits per heavy atom. The van der Waals surface area contributed by atoms with Gasteiger partial charge in [0.25, 0.3) is 0 Å². The van der Waals surface area contributed by atoms with Crippen LogP contribution in [0.25, 0.3) is 0 Å². The Kier molecular flexibility index (Phi) is 4.41. The zero-order valence-corrected chi connectivity index (χ0v) is 12.9. The summed E-state index contributed by atoms with van der Waals surface area (Å²) < 4.78 is 2.29. The summed E-state index contributed by atoms with van der Waals surface area (Å²) in [5.74, 6) is 0.891.